The van der Waals surface area contributed by atoms with E-state index in [0.29, 0.717) is 6.04 Å². The topological polar surface area (TPSA) is 29.3 Å². The Bertz CT molecular complexity index is 203. The van der Waals surface area contributed by atoms with Gasteiger partial charge >= 0.3 is 0 Å². The number of hydrogen-bond donors (Lipinski definition) is 1. The van der Waals surface area contributed by atoms with Gasteiger partial charge in [0.2, 0.25) is 0 Å². The predicted octanol–water partition coefficient (Wildman–Crippen LogP) is 2.77. The highest BCUT2D eigenvalue weighted by molar-refractivity contribution is 4.86. The van der Waals surface area contributed by atoms with Gasteiger partial charge in [-0.2, -0.15) is 0 Å². The van der Waals surface area contributed by atoms with Crippen LogP contribution in [0.25, 0.3) is 0 Å². The third-order valence-corrected chi connectivity index (χ3v) is 4.56. The molecule has 16 heavy (non-hydrogen) atoms. The van der Waals surface area contributed by atoms with E-state index in [1.807, 2.05) is 0 Å². The first-order valence-corrected chi connectivity index (χ1v) is 7.31. The van der Waals surface area contributed by atoms with E-state index in [2.05, 4.69) is 11.8 Å². The third-order valence-electron chi connectivity index (χ3n) is 4.56. The average Bonchev–Trinajstić information content (AvgIpc) is 2.68. The van der Waals surface area contributed by atoms with E-state index in [1.165, 1.54) is 64.5 Å². The normalized spacial score (nSPS) is 36.8. The van der Waals surface area contributed by atoms with Crippen LogP contribution in [0.1, 0.15) is 58.3 Å². The molecule has 1 aliphatic heterocycles. The molecule has 3 unspecified atom stereocenters. The minimum absolute atomic E-state index is 0.490. The quantitative estimate of drug-likeness (QED) is 0.795. The lowest BCUT2D eigenvalue weighted by Gasteiger charge is -2.38. The summed E-state index contributed by atoms with van der Waals surface area (Å²) in [5, 5.41) is 0. The molecular weight excluding hydrogens is 196 g/mol. The molecule has 0 aromatic heterocycles. The van der Waals surface area contributed by atoms with Crippen molar-refractivity contribution in [1.29, 1.82) is 0 Å². The summed E-state index contributed by atoms with van der Waals surface area (Å²) in [5.41, 5.74) is 6.19. The van der Waals surface area contributed by atoms with E-state index in [-0.39, 0.29) is 0 Å². The largest absolute Gasteiger partial charge is 0.327 e. The first kappa shape index (κ1) is 12.4. The highest BCUT2D eigenvalue weighted by Gasteiger charge is 2.29. The zero-order chi connectivity index (χ0) is 11.4. The third kappa shape index (κ3) is 2.98. The van der Waals surface area contributed by atoms with Crippen LogP contribution in [0.2, 0.25) is 0 Å². The van der Waals surface area contributed by atoms with Crippen LogP contribution in [0.15, 0.2) is 0 Å². The van der Waals surface area contributed by atoms with E-state index < -0.39 is 0 Å². The number of nitrogens with zero attached hydrogens (tertiary/aromatic N) is 1. The molecule has 2 heteroatoms. The maximum absolute atomic E-state index is 6.19. The van der Waals surface area contributed by atoms with E-state index in [1.54, 1.807) is 0 Å². The monoisotopic (exact) mass is 224 g/mol. The fourth-order valence-electron chi connectivity index (χ4n) is 3.55. The highest BCUT2D eigenvalue weighted by atomic mass is 15.2. The highest BCUT2D eigenvalue weighted by Crippen LogP contribution is 2.28. The molecular formula is C14H28N2. The zero-order valence-corrected chi connectivity index (χ0v) is 10.8. The lowest BCUT2D eigenvalue weighted by atomic mass is 9.95. The van der Waals surface area contributed by atoms with Crippen molar-refractivity contribution >= 4 is 0 Å². The maximum Gasteiger partial charge on any atom is 0.00952 e. The van der Waals surface area contributed by atoms with Crippen LogP contribution in [-0.2, 0) is 0 Å². The van der Waals surface area contributed by atoms with Crippen molar-refractivity contribution in [2.75, 3.05) is 13.1 Å². The van der Waals surface area contributed by atoms with Crippen LogP contribution in [0, 0.1) is 5.92 Å². The second-order valence-corrected chi connectivity index (χ2v) is 5.79. The van der Waals surface area contributed by atoms with Crippen molar-refractivity contribution < 1.29 is 0 Å². The van der Waals surface area contributed by atoms with Crippen molar-refractivity contribution in [3.8, 4) is 0 Å². The molecule has 94 valence electrons. The van der Waals surface area contributed by atoms with Gasteiger partial charge in [-0.25, -0.2) is 0 Å². The number of piperidine rings is 1. The number of likely N-dealkylation sites (tertiary alicyclic amines) is 1. The zero-order valence-electron chi connectivity index (χ0n) is 10.8. The number of nitrogens with two attached hydrogens (primary N) is 1. The van der Waals surface area contributed by atoms with Gasteiger partial charge < -0.3 is 10.6 Å². The second-order valence-electron chi connectivity index (χ2n) is 5.79. The van der Waals surface area contributed by atoms with Crippen LogP contribution in [0.5, 0.6) is 0 Å². The minimum atomic E-state index is 0.490. The minimum Gasteiger partial charge on any atom is -0.327 e. The summed E-state index contributed by atoms with van der Waals surface area (Å²) in [7, 11) is 0. The van der Waals surface area contributed by atoms with E-state index in [4.69, 9.17) is 5.73 Å². The molecule has 1 saturated heterocycles. The number of rotatable bonds is 4. The Hall–Kier alpha value is -0.0800. The Morgan fingerprint density at radius 1 is 1.12 bits per heavy atom. The molecule has 1 aliphatic carbocycles. The van der Waals surface area contributed by atoms with Gasteiger partial charge in [0.05, 0.1) is 0 Å². The summed E-state index contributed by atoms with van der Waals surface area (Å²) in [6, 6.07) is 1.36. The van der Waals surface area contributed by atoms with Gasteiger partial charge in [-0.3, -0.25) is 0 Å². The Balaban J connectivity index is 1.85. The molecule has 3 atom stereocenters. The predicted molar refractivity (Wildman–Crippen MR) is 69.4 cm³/mol. The first-order chi connectivity index (χ1) is 7.81. The van der Waals surface area contributed by atoms with Gasteiger partial charge in [0.25, 0.3) is 0 Å². The van der Waals surface area contributed by atoms with Crippen LogP contribution in [0.3, 0.4) is 0 Å². The molecule has 2 fully saturated rings. The molecule has 2 rings (SSSR count). The molecule has 0 spiro atoms. The Labute approximate surface area is 101 Å². The van der Waals surface area contributed by atoms with Crippen LogP contribution >= 0.6 is 0 Å². The summed E-state index contributed by atoms with van der Waals surface area (Å²) in [6.07, 6.45) is 11.0. The summed E-state index contributed by atoms with van der Waals surface area (Å²) in [6.45, 7) is 4.92. The Morgan fingerprint density at radius 2 is 2.00 bits per heavy atom. The van der Waals surface area contributed by atoms with Gasteiger partial charge in [0.1, 0.15) is 0 Å². The fourth-order valence-corrected chi connectivity index (χ4v) is 3.55. The van der Waals surface area contributed by atoms with Crippen LogP contribution in [0.4, 0.5) is 0 Å². The van der Waals surface area contributed by atoms with Gasteiger partial charge in [-0.05, 0) is 44.6 Å². The molecule has 0 amide bonds. The molecule has 2 N–H and O–H groups in total. The standard InChI is InChI=1S/C14H28N2/c1-2-6-13-8-3-4-10-16(13)11-12-7-5-9-14(12)15/h12-14H,2-11,15H2,1H3. The van der Waals surface area contributed by atoms with Gasteiger partial charge in [0.15, 0.2) is 0 Å². The average molecular weight is 224 g/mol. The van der Waals surface area contributed by atoms with E-state index >= 15 is 0 Å². The molecule has 0 aromatic carbocycles. The second kappa shape index (κ2) is 6.02. The summed E-state index contributed by atoms with van der Waals surface area (Å²) < 4.78 is 0. The van der Waals surface area contributed by atoms with E-state index in [9.17, 15) is 0 Å². The van der Waals surface area contributed by atoms with Crippen molar-refractivity contribution in [3.05, 3.63) is 0 Å². The van der Waals surface area contributed by atoms with Crippen molar-refractivity contribution in [1.82, 2.24) is 4.90 Å². The van der Waals surface area contributed by atoms with Crippen molar-refractivity contribution in [2.24, 2.45) is 11.7 Å². The van der Waals surface area contributed by atoms with Gasteiger partial charge in [-0.1, -0.05) is 26.2 Å². The molecule has 2 nitrogen and oxygen atoms in total. The SMILES string of the molecule is CCCC1CCCCN1CC1CCCC1N. The molecule has 0 radical (unpaired) electrons. The summed E-state index contributed by atoms with van der Waals surface area (Å²) in [5.74, 6) is 0.789. The van der Waals surface area contributed by atoms with Gasteiger partial charge in [-0.15, -0.1) is 0 Å². The Morgan fingerprint density at radius 3 is 2.69 bits per heavy atom. The van der Waals surface area contributed by atoms with Crippen molar-refractivity contribution in [3.63, 3.8) is 0 Å². The van der Waals surface area contributed by atoms with Gasteiger partial charge in [0, 0.05) is 18.6 Å². The van der Waals surface area contributed by atoms with Crippen LogP contribution < -0.4 is 5.73 Å². The maximum atomic E-state index is 6.19. The summed E-state index contributed by atoms with van der Waals surface area (Å²) >= 11 is 0. The molecule has 2 aliphatic rings. The molecule has 1 heterocycles. The lowest BCUT2D eigenvalue weighted by Crippen LogP contribution is -2.44. The first-order valence-electron chi connectivity index (χ1n) is 7.31. The molecule has 0 aromatic rings. The lowest BCUT2D eigenvalue weighted by molar-refractivity contribution is 0.115. The van der Waals surface area contributed by atoms with Crippen LogP contribution in [-0.4, -0.2) is 30.1 Å². The molecule has 1 saturated carbocycles. The van der Waals surface area contributed by atoms with E-state index in [0.717, 1.165) is 12.0 Å². The fraction of sp³-hybridized carbons (Fsp3) is 1.00. The Kier molecular flexibility index (Phi) is 4.66. The van der Waals surface area contributed by atoms with Crippen molar-refractivity contribution in [2.45, 2.75) is 70.4 Å². The molecule has 0 bridgehead atoms. The number of hydrogen-bond acceptors (Lipinski definition) is 2. The smallest absolute Gasteiger partial charge is 0.00952 e. The summed E-state index contributed by atoms with van der Waals surface area (Å²) in [4.78, 5) is 2.75.